The molecule has 0 aromatic heterocycles. The molecule has 1 aromatic carbocycles. The van der Waals surface area contributed by atoms with Crippen molar-refractivity contribution in [2.24, 2.45) is 0 Å². The van der Waals surface area contributed by atoms with Crippen LogP contribution >= 0.6 is 31.9 Å². The Morgan fingerprint density at radius 1 is 1.12 bits per heavy atom. The molecular formula is C10H9Br2F3O2. The Hall–Kier alpha value is -0.430. The van der Waals surface area contributed by atoms with E-state index in [1.807, 2.05) is 0 Å². The number of benzene rings is 1. The van der Waals surface area contributed by atoms with Crippen molar-refractivity contribution < 1.29 is 22.6 Å². The van der Waals surface area contributed by atoms with Gasteiger partial charge in [-0.3, -0.25) is 0 Å². The first kappa shape index (κ1) is 14.6. The fourth-order valence-corrected chi connectivity index (χ4v) is 2.48. The molecule has 0 amide bonds. The Morgan fingerprint density at radius 2 is 1.59 bits per heavy atom. The molecule has 0 spiro atoms. The Kier molecular flexibility index (Phi) is 4.71. The summed E-state index contributed by atoms with van der Waals surface area (Å²) in [5.41, 5.74) is 0.0372. The van der Waals surface area contributed by atoms with Crippen molar-refractivity contribution in [3.05, 3.63) is 22.2 Å². The van der Waals surface area contributed by atoms with Gasteiger partial charge >= 0.3 is 6.18 Å². The monoisotopic (exact) mass is 376 g/mol. The molecule has 96 valence electrons. The van der Waals surface area contributed by atoms with Gasteiger partial charge in [0.25, 0.3) is 0 Å². The summed E-state index contributed by atoms with van der Waals surface area (Å²) in [4.78, 5) is -1.76. The molecule has 0 aliphatic carbocycles. The minimum Gasteiger partial charge on any atom is -0.493 e. The van der Waals surface area contributed by atoms with E-state index in [-0.39, 0.29) is 11.3 Å². The molecule has 1 rings (SSSR count). The van der Waals surface area contributed by atoms with Crippen LogP contribution in [0.4, 0.5) is 13.2 Å². The zero-order valence-electron chi connectivity index (χ0n) is 8.94. The number of hydrogen-bond acceptors (Lipinski definition) is 2. The maximum atomic E-state index is 12.6. The summed E-state index contributed by atoms with van der Waals surface area (Å²) >= 11 is 5.69. The van der Waals surface area contributed by atoms with E-state index < -0.39 is 11.0 Å². The smallest absolute Gasteiger partial charge is 0.405 e. The van der Waals surface area contributed by atoms with Crippen LogP contribution < -0.4 is 9.47 Å². The van der Waals surface area contributed by atoms with Crippen LogP contribution in [0.1, 0.15) is 10.4 Å². The van der Waals surface area contributed by atoms with Gasteiger partial charge in [-0.1, -0.05) is 31.9 Å². The predicted molar refractivity (Wildman–Crippen MR) is 65.0 cm³/mol. The van der Waals surface area contributed by atoms with Crippen LogP contribution in [0.15, 0.2) is 16.6 Å². The second-order valence-corrected chi connectivity index (χ2v) is 4.90. The maximum Gasteiger partial charge on any atom is 0.405 e. The zero-order chi connectivity index (χ0) is 13.2. The van der Waals surface area contributed by atoms with E-state index >= 15 is 0 Å². The van der Waals surface area contributed by atoms with Gasteiger partial charge < -0.3 is 9.47 Å². The van der Waals surface area contributed by atoms with Gasteiger partial charge in [0.15, 0.2) is 11.5 Å². The summed E-state index contributed by atoms with van der Waals surface area (Å²) in [5.74, 6) is 0.615. The summed E-state index contributed by atoms with van der Waals surface area (Å²) in [5, 5.41) is 0. The largest absolute Gasteiger partial charge is 0.493 e. The molecule has 0 radical (unpaired) electrons. The lowest BCUT2D eigenvalue weighted by Gasteiger charge is -2.18. The van der Waals surface area contributed by atoms with E-state index in [0.29, 0.717) is 10.2 Å². The fraction of sp³-hybridized carbons (Fsp3) is 0.400. The van der Waals surface area contributed by atoms with Gasteiger partial charge in [-0.05, 0) is 17.7 Å². The normalized spacial score (nSPS) is 13.4. The highest BCUT2D eigenvalue weighted by atomic mass is 79.9. The van der Waals surface area contributed by atoms with Gasteiger partial charge in [-0.15, -0.1) is 0 Å². The molecule has 0 aliphatic heterocycles. The molecule has 0 fully saturated rings. The fourth-order valence-electron chi connectivity index (χ4n) is 1.24. The quantitative estimate of drug-likeness (QED) is 0.724. The number of ether oxygens (including phenoxy) is 2. The average molecular weight is 378 g/mol. The molecule has 0 saturated heterocycles. The van der Waals surface area contributed by atoms with Crippen LogP contribution in [0.3, 0.4) is 0 Å². The van der Waals surface area contributed by atoms with Gasteiger partial charge in [0.05, 0.1) is 14.2 Å². The highest BCUT2D eigenvalue weighted by molar-refractivity contribution is 9.11. The van der Waals surface area contributed by atoms with Gasteiger partial charge in [0.1, 0.15) is 4.83 Å². The lowest BCUT2D eigenvalue weighted by atomic mass is 10.1. The van der Waals surface area contributed by atoms with Crippen molar-refractivity contribution in [1.29, 1.82) is 0 Å². The van der Waals surface area contributed by atoms with Gasteiger partial charge in [0.2, 0.25) is 0 Å². The third-order valence-corrected chi connectivity index (χ3v) is 3.76. The predicted octanol–water partition coefficient (Wildman–Crippen LogP) is 4.46. The number of rotatable bonds is 3. The number of halogens is 5. The lowest BCUT2D eigenvalue weighted by Crippen LogP contribution is -2.15. The van der Waals surface area contributed by atoms with Gasteiger partial charge in [-0.2, -0.15) is 13.2 Å². The molecule has 1 atom stereocenters. The number of hydrogen-bond donors (Lipinski definition) is 0. The van der Waals surface area contributed by atoms with Crippen molar-refractivity contribution in [1.82, 2.24) is 0 Å². The van der Waals surface area contributed by atoms with Crippen molar-refractivity contribution >= 4 is 31.9 Å². The molecule has 0 saturated carbocycles. The summed E-state index contributed by atoms with van der Waals surface area (Å²) in [7, 11) is 2.78. The molecule has 2 nitrogen and oxygen atoms in total. The number of methoxy groups -OCH3 is 2. The Balaban J connectivity index is 3.26. The minimum atomic E-state index is -4.37. The second-order valence-electron chi connectivity index (χ2n) is 3.13. The Bertz CT molecular complexity index is 407. The molecule has 0 N–H and O–H groups in total. The first-order valence-electron chi connectivity index (χ1n) is 4.43. The molecule has 0 heterocycles. The highest BCUT2D eigenvalue weighted by Crippen LogP contribution is 2.45. The molecule has 1 unspecified atom stereocenters. The van der Waals surface area contributed by atoms with Crippen molar-refractivity contribution in [2.75, 3.05) is 14.2 Å². The Morgan fingerprint density at radius 3 is 2.00 bits per heavy atom. The summed E-state index contributed by atoms with van der Waals surface area (Å²) in [6, 6.07) is 2.73. The molecule has 1 aromatic rings. The van der Waals surface area contributed by atoms with E-state index in [1.165, 1.54) is 26.4 Å². The average Bonchev–Trinajstić information content (AvgIpc) is 2.26. The first-order chi connectivity index (χ1) is 7.81. The van der Waals surface area contributed by atoms with Crippen molar-refractivity contribution in [3.8, 4) is 11.5 Å². The zero-order valence-corrected chi connectivity index (χ0v) is 12.1. The van der Waals surface area contributed by atoms with Crippen LogP contribution in [0.5, 0.6) is 11.5 Å². The molecular weight excluding hydrogens is 369 g/mol. The Labute approximate surface area is 113 Å². The summed E-state index contributed by atoms with van der Waals surface area (Å²) in [6.45, 7) is 0. The first-order valence-corrected chi connectivity index (χ1v) is 6.14. The van der Waals surface area contributed by atoms with Crippen LogP contribution in [-0.4, -0.2) is 20.4 Å². The highest BCUT2D eigenvalue weighted by Gasteiger charge is 2.40. The SMILES string of the molecule is COc1cc(Br)c(C(Br)C(F)(F)F)cc1OC. The number of alkyl halides is 4. The van der Waals surface area contributed by atoms with E-state index in [1.54, 1.807) is 0 Å². The van der Waals surface area contributed by atoms with E-state index in [0.717, 1.165) is 0 Å². The molecule has 0 bridgehead atoms. The van der Waals surface area contributed by atoms with Crippen molar-refractivity contribution in [2.45, 2.75) is 11.0 Å². The van der Waals surface area contributed by atoms with Gasteiger partial charge in [0, 0.05) is 4.47 Å². The topological polar surface area (TPSA) is 18.5 Å². The third-order valence-electron chi connectivity index (χ3n) is 2.06. The standard InChI is InChI=1S/C10H9Br2F3O2/c1-16-7-3-5(9(12)10(13,14)15)6(11)4-8(7)17-2/h3-4,9H,1-2H3. The van der Waals surface area contributed by atoms with Crippen LogP contribution in [-0.2, 0) is 0 Å². The summed E-state index contributed by atoms with van der Waals surface area (Å²) in [6.07, 6.45) is -4.37. The minimum absolute atomic E-state index is 0.0372. The molecule has 7 heteroatoms. The van der Waals surface area contributed by atoms with E-state index in [4.69, 9.17) is 9.47 Å². The van der Waals surface area contributed by atoms with Crippen LogP contribution in [0, 0.1) is 0 Å². The molecule has 0 aliphatic rings. The second kappa shape index (κ2) is 5.48. The van der Waals surface area contributed by atoms with Gasteiger partial charge in [-0.25, -0.2) is 0 Å². The van der Waals surface area contributed by atoms with Crippen LogP contribution in [0.2, 0.25) is 0 Å². The maximum absolute atomic E-state index is 12.6. The summed E-state index contributed by atoms with van der Waals surface area (Å²) < 4.78 is 48.0. The van der Waals surface area contributed by atoms with Crippen LogP contribution in [0.25, 0.3) is 0 Å². The van der Waals surface area contributed by atoms with E-state index in [2.05, 4.69) is 31.9 Å². The lowest BCUT2D eigenvalue weighted by molar-refractivity contribution is -0.128. The third kappa shape index (κ3) is 3.28. The van der Waals surface area contributed by atoms with Crippen molar-refractivity contribution in [3.63, 3.8) is 0 Å². The van der Waals surface area contributed by atoms with E-state index in [9.17, 15) is 13.2 Å². The molecule has 17 heavy (non-hydrogen) atoms.